The first-order valence-electron chi connectivity index (χ1n) is 3.55. The van der Waals surface area contributed by atoms with Crippen molar-refractivity contribution in [1.29, 1.82) is 0 Å². The highest BCUT2D eigenvalue weighted by Gasteiger charge is 2.05. The van der Waals surface area contributed by atoms with Crippen LogP contribution < -0.4 is 15.2 Å². The Kier molecular flexibility index (Phi) is 6.21. The van der Waals surface area contributed by atoms with Crippen LogP contribution in [0.4, 0.5) is 0 Å². The third-order valence-corrected chi connectivity index (χ3v) is 2.20. The second kappa shape index (κ2) is 6.32. The van der Waals surface area contributed by atoms with E-state index in [-0.39, 0.29) is 19.6 Å². The molecule has 0 spiro atoms. The first kappa shape index (κ1) is 11.8. The maximum atomic E-state index is 10.9. The number of methoxy groups -OCH3 is 1. The maximum Gasteiger partial charge on any atom is 0.277 e. The van der Waals surface area contributed by atoms with E-state index in [1.54, 1.807) is 0 Å². The van der Waals surface area contributed by atoms with Gasteiger partial charge in [0.25, 0.3) is 10.2 Å². The quantitative estimate of drug-likeness (QED) is 0.412. The zero-order valence-corrected chi connectivity index (χ0v) is 7.86. The molecule has 0 aromatic heterocycles. The molecule has 0 aliphatic heterocycles. The van der Waals surface area contributed by atoms with Gasteiger partial charge in [0.05, 0.1) is 6.61 Å². The molecule has 0 aromatic rings. The van der Waals surface area contributed by atoms with Crippen molar-refractivity contribution < 1.29 is 13.2 Å². The zero-order chi connectivity index (χ0) is 9.45. The number of nitrogens with one attached hydrogen (secondary N) is 2. The van der Waals surface area contributed by atoms with Crippen molar-refractivity contribution in [2.45, 2.75) is 0 Å². The van der Waals surface area contributed by atoms with Gasteiger partial charge in [-0.15, -0.1) is 0 Å². The largest absolute Gasteiger partial charge is 0.383 e. The summed E-state index contributed by atoms with van der Waals surface area (Å²) in [5, 5.41) is 0. The van der Waals surface area contributed by atoms with Gasteiger partial charge in [0.15, 0.2) is 0 Å². The minimum absolute atomic E-state index is 0.238. The summed E-state index contributed by atoms with van der Waals surface area (Å²) in [4.78, 5) is 0. The second-order valence-corrected chi connectivity index (χ2v) is 3.66. The van der Waals surface area contributed by atoms with E-state index in [1.807, 2.05) is 0 Å². The molecular formula is C5H15N3O3S. The van der Waals surface area contributed by atoms with Crippen LogP contribution >= 0.6 is 0 Å². The van der Waals surface area contributed by atoms with Gasteiger partial charge in [0, 0.05) is 26.7 Å². The molecule has 0 unspecified atom stereocenters. The summed E-state index contributed by atoms with van der Waals surface area (Å²) >= 11 is 0. The van der Waals surface area contributed by atoms with E-state index in [0.717, 1.165) is 0 Å². The molecule has 0 fully saturated rings. The average molecular weight is 197 g/mol. The van der Waals surface area contributed by atoms with Crippen molar-refractivity contribution in [3.63, 3.8) is 0 Å². The lowest BCUT2D eigenvalue weighted by Gasteiger charge is -2.05. The van der Waals surface area contributed by atoms with Gasteiger partial charge in [-0.1, -0.05) is 0 Å². The summed E-state index contributed by atoms with van der Waals surface area (Å²) in [5.41, 5.74) is 5.11. The van der Waals surface area contributed by atoms with Crippen molar-refractivity contribution in [1.82, 2.24) is 9.44 Å². The molecule has 0 aliphatic rings. The molecule has 12 heavy (non-hydrogen) atoms. The minimum Gasteiger partial charge on any atom is -0.383 e. The Bertz CT molecular complexity index is 192. The Morgan fingerprint density at radius 1 is 1.33 bits per heavy atom. The molecular weight excluding hydrogens is 182 g/mol. The van der Waals surface area contributed by atoms with Crippen molar-refractivity contribution in [3.8, 4) is 0 Å². The van der Waals surface area contributed by atoms with Crippen LogP contribution in [0.3, 0.4) is 0 Å². The average Bonchev–Trinajstić information content (AvgIpc) is 2.01. The molecule has 0 aliphatic carbocycles. The SMILES string of the molecule is COCCNS(=O)(=O)NCCN. The van der Waals surface area contributed by atoms with Crippen LogP contribution in [0.25, 0.3) is 0 Å². The summed E-state index contributed by atoms with van der Waals surface area (Å²) < 4.78 is 31.0. The molecule has 74 valence electrons. The predicted molar refractivity (Wildman–Crippen MR) is 45.9 cm³/mol. The van der Waals surface area contributed by atoms with Crippen LogP contribution in [0.15, 0.2) is 0 Å². The summed E-state index contributed by atoms with van der Waals surface area (Å²) in [7, 11) is -1.87. The highest BCUT2D eigenvalue weighted by Crippen LogP contribution is 1.74. The summed E-state index contributed by atoms with van der Waals surface area (Å²) in [6, 6.07) is 0. The van der Waals surface area contributed by atoms with Crippen molar-refractivity contribution in [3.05, 3.63) is 0 Å². The van der Waals surface area contributed by atoms with Crippen molar-refractivity contribution in [2.75, 3.05) is 33.4 Å². The standard InChI is InChI=1S/C5H15N3O3S/c1-11-5-4-8-12(9,10)7-3-2-6/h7-8H,2-6H2,1H3. The predicted octanol–water partition coefficient (Wildman–Crippen LogP) is -1.98. The molecule has 0 aromatic carbocycles. The Balaban J connectivity index is 3.58. The van der Waals surface area contributed by atoms with E-state index in [0.29, 0.717) is 6.61 Å². The first-order valence-corrected chi connectivity index (χ1v) is 5.04. The van der Waals surface area contributed by atoms with Crippen LogP contribution in [0.5, 0.6) is 0 Å². The third-order valence-electron chi connectivity index (χ3n) is 1.03. The van der Waals surface area contributed by atoms with Gasteiger partial charge in [0.1, 0.15) is 0 Å². The second-order valence-electron chi connectivity index (χ2n) is 2.07. The Morgan fingerprint density at radius 3 is 2.42 bits per heavy atom. The van der Waals surface area contributed by atoms with Crippen molar-refractivity contribution >= 4 is 10.2 Å². The number of ether oxygens (including phenoxy) is 1. The highest BCUT2D eigenvalue weighted by atomic mass is 32.2. The van der Waals surface area contributed by atoms with E-state index < -0.39 is 10.2 Å². The molecule has 4 N–H and O–H groups in total. The molecule has 0 amide bonds. The molecule has 0 bridgehead atoms. The summed E-state index contributed by atoms with van der Waals surface area (Å²) in [6.45, 7) is 1.13. The van der Waals surface area contributed by atoms with Gasteiger partial charge < -0.3 is 10.5 Å². The van der Waals surface area contributed by atoms with Gasteiger partial charge in [-0.3, -0.25) is 0 Å². The van der Waals surface area contributed by atoms with E-state index >= 15 is 0 Å². The van der Waals surface area contributed by atoms with Gasteiger partial charge in [-0.25, -0.2) is 4.72 Å². The number of hydrogen-bond donors (Lipinski definition) is 3. The normalized spacial score (nSPS) is 11.8. The Hall–Kier alpha value is -0.210. The molecule has 6 nitrogen and oxygen atoms in total. The summed E-state index contributed by atoms with van der Waals surface area (Å²) in [6.07, 6.45) is 0. The van der Waals surface area contributed by atoms with Crippen LogP contribution in [0.1, 0.15) is 0 Å². The Morgan fingerprint density at radius 2 is 1.92 bits per heavy atom. The molecule has 7 heteroatoms. The fraction of sp³-hybridized carbons (Fsp3) is 1.00. The lowest BCUT2D eigenvalue weighted by molar-refractivity contribution is 0.204. The molecule has 0 radical (unpaired) electrons. The number of hydrogen-bond acceptors (Lipinski definition) is 4. The van der Waals surface area contributed by atoms with Gasteiger partial charge >= 0.3 is 0 Å². The van der Waals surface area contributed by atoms with E-state index in [2.05, 4.69) is 14.2 Å². The molecule has 0 saturated carbocycles. The third kappa shape index (κ3) is 6.50. The van der Waals surface area contributed by atoms with Gasteiger partial charge in [0.2, 0.25) is 0 Å². The lowest BCUT2D eigenvalue weighted by atomic mass is 10.7. The number of rotatable bonds is 7. The lowest BCUT2D eigenvalue weighted by Crippen LogP contribution is -2.40. The van der Waals surface area contributed by atoms with E-state index in [1.165, 1.54) is 7.11 Å². The molecule has 0 rings (SSSR count). The van der Waals surface area contributed by atoms with Gasteiger partial charge in [-0.2, -0.15) is 13.1 Å². The Labute approximate surface area is 72.6 Å². The first-order chi connectivity index (χ1) is 5.62. The fourth-order valence-electron chi connectivity index (χ4n) is 0.522. The van der Waals surface area contributed by atoms with Crippen LogP contribution in [-0.4, -0.2) is 41.8 Å². The highest BCUT2D eigenvalue weighted by molar-refractivity contribution is 7.87. The van der Waals surface area contributed by atoms with E-state index in [4.69, 9.17) is 5.73 Å². The van der Waals surface area contributed by atoms with Gasteiger partial charge in [-0.05, 0) is 0 Å². The molecule has 0 saturated heterocycles. The monoisotopic (exact) mass is 197 g/mol. The van der Waals surface area contributed by atoms with Crippen molar-refractivity contribution in [2.24, 2.45) is 5.73 Å². The zero-order valence-electron chi connectivity index (χ0n) is 7.04. The number of nitrogens with two attached hydrogens (primary N) is 1. The molecule has 0 atom stereocenters. The topological polar surface area (TPSA) is 93.4 Å². The summed E-state index contributed by atoms with van der Waals surface area (Å²) in [5.74, 6) is 0. The van der Waals surface area contributed by atoms with Crippen LogP contribution in [0, 0.1) is 0 Å². The van der Waals surface area contributed by atoms with Crippen LogP contribution in [0.2, 0.25) is 0 Å². The van der Waals surface area contributed by atoms with E-state index in [9.17, 15) is 8.42 Å². The molecule has 0 heterocycles. The maximum absolute atomic E-state index is 10.9. The minimum atomic E-state index is -3.38. The fourth-order valence-corrected chi connectivity index (χ4v) is 1.36. The van der Waals surface area contributed by atoms with Crippen LogP contribution in [-0.2, 0) is 14.9 Å². The smallest absolute Gasteiger partial charge is 0.277 e.